The smallest absolute Gasteiger partial charge is 0.292 e. The van der Waals surface area contributed by atoms with Crippen molar-refractivity contribution >= 4 is 17.5 Å². The van der Waals surface area contributed by atoms with Crippen molar-refractivity contribution in [1.82, 2.24) is 19.7 Å². The van der Waals surface area contributed by atoms with Gasteiger partial charge in [0.1, 0.15) is 5.82 Å². The largest absolute Gasteiger partial charge is 0.331 e. The van der Waals surface area contributed by atoms with Gasteiger partial charge in [-0.2, -0.15) is 0 Å². The van der Waals surface area contributed by atoms with Crippen LogP contribution < -0.4 is 5.73 Å². The average molecular weight is 454 g/mol. The van der Waals surface area contributed by atoms with E-state index >= 15 is 0 Å². The molecule has 1 fully saturated rings. The predicted octanol–water partition coefficient (Wildman–Crippen LogP) is 4.03. The van der Waals surface area contributed by atoms with Crippen LogP contribution in [0.1, 0.15) is 41.9 Å². The molecule has 1 saturated carbocycles. The highest BCUT2D eigenvalue weighted by Gasteiger charge is 2.40. The van der Waals surface area contributed by atoms with Crippen molar-refractivity contribution in [3.05, 3.63) is 70.8 Å². The quantitative estimate of drug-likeness (QED) is 0.647. The van der Waals surface area contributed by atoms with Crippen LogP contribution >= 0.6 is 11.6 Å². The molecular formula is C24H25ClFN5O. The van der Waals surface area contributed by atoms with Crippen LogP contribution in [0.3, 0.4) is 0 Å². The molecule has 32 heavy (non-hydrogen) atoms. The molecule has 1 aromatic heterocycles. The second-order valence-electron chi connectivity index (χ2n) is 8.73. The summed E-state index contributed by atoms with van der Waals surface area (Å²) in [5.74, 6) is 0.397. The Morgan fingerprint density at radius 1 is 1.06 bits per heavy atom. The number of fused-ring (bicyclic) bond motifs is 1. The van der Waals surface area contributed by atoms with E-state index in [0.29, 0.717) is 36.8 Å². The van der Waals surface area contributed by atoms with E-state index < -0.39 is 0 Å². The van der Waals surface area contributed by atoms with E-state index in [0.717, 1.165) is 30.7 Å². The molecule has 0 radical (unpaired) electrons. The van der Waals surface area contributed by atoms with Gasteiger partial charge in [-0.05, 0) is 55.5 Å². The molecule has 3 aromatic rings. The minimum absolute atomic E-state index is 0.106. The van der Waals surface area contributed by atoms with Crippen molar-refractivity contribution in [1.29, 1.82) is 0 Å². The fourth-order valence-corrected chi connectivity index (χ4v) is 5.39. The highest BCUT2D eigenvalue weighted by atomic mass is 35.5. The first-order valence-corrected chi connectivity index (χ1v) is 11.3. The van der Waals surface area contributed by atoms with E-state index in [4.69, 9.17) is 17.3 Å². The van der Waals surface area contributed by atoms with Gasteiger partial charge in [0.15, 0.2) is 5.82 Å². The van der Waals surface area contributed by atoms with Gasteiger partial charge >= 0.3 is 0 Å². The Kier molecular flexibility index (Phi) is 5.47. The summed E-state index contributed by atoms with van der Waals surface area (Å²) in [4.78, 5) is 15.2. The lowest BCUT2D eigenvalue weighted by atomic mass is 9.68. The first-order chi connectivity index (χ1) is 15.5. The first kappa shape index (κ1) is 21.1. The number of hydrogen-bond donors (Lipinski definition) is 1. The lowest BCUT2D eigenvalue weighted by Gasteiger charge is -2.44. The summed E-state index contributed by atoms with van der Waals surface area (Å²) in [5, 5.41) is 9.07. The van der Waals surface area contributed by atoms with Crippen LogP contribution in [0.25, 0.3) is 11.4 Å². The van der Waals surface area contributed by atoms with Crippen molar-refractivity contribution in [2.24, 2.45) is 5.73 Å². The molecule has 1 amide bonds. The van der Waals surface area contributed by atoms with Crippen LogP contribution in [0.2, 0.25) is 5.02 Å². The average Bonchev–Trinajstić information content (AvgIpc) is 3.25. The van der Waals surface area contributed by atoms with E-state index in [2.05, 4.69) is 16.3 Å². The molecule has 2 N–H and O–H groups in total. The van der Waals surface area contributed by atoms with Gasteiger partial charge < -0.3 is 15.2 Å². The molecule has 5 rings (SSSR count). The zero-order chi connectivity index (χ0) is 22.3. The molecule has 0 bridgehead atoms. The number of amides is 1. The summed E-state index contributed by atoms with van der Waals surface area (Å²) in [7, 11) is 0. The second kappa shape index (κ2) is 8.30. The van der Waals surface area contributed by atoms with Crippen LogP contribution in [0.15, 0.2) is 48.5 Å². The fourth-order valence-electron chi connectivity index (χ4n) is 5.20. The molecule has 6 nitrogen and oxygen atoms in total. The molecule has 0 atom stereocenters. The number of aromatic nitrogens is 3. The third-order valence-electron chi connectivity index (χ3n) is 7.03. The number of carbonyl (C=O) groups is 1. The molecule has 2 aliphatic rings. The molecule has 1 aliphatic heterocycles. The topological polar surface area (TPSA) is 77.0 Å². The van der Waals surface area contributed by atoms with Crippen molar-refractivity contribution in [2.75, 3.05) is 13.1 Å². The Balaban J connectivity index is 1.34. The summed E-state index contributed by atoms with van der Waals surface area (Å²) < 4.78 is 15.5. The van der Waals surface area contributed by atoms with Gasteiger partial charge in [0.2, 0.25) is 5.82 Å². The maximum absolute atomic E-state index is 13.7. The number of halogens is 2. The molecule has 2 aromatic carbocycles. The van der Waals surface area contributed by atoms with Crippen molar-refractivity contribution in [2.45, 2.75) is 43.7 Å². The van der Waals surface area contributed by atoms with Gasteiger partial charge in [0.25, 0.3) is 5.91 Å². The normalized spacial score (nSPS) is 23.3. The van der Waals surface area contributed by atoms with Gasteiger partial charge in [-0.3, -0.25) is 4.79 Å². The summed E-state index contributed by atoms with van der Waals surface area (Å²) >= 11 is 6.23. The zero-order valence-corrected chi connectivity index (χ0v) is 18.4. The maximum atomic E-state index is 13.7. The molecule has 2 heterocycles. The first-order valence-electron chi connectivity index (χ1n) is 11.0. The Hall–Kier alpha value is -2.77. The minimum Gasteiger partial charge on any atom is -0.331 e. The van der Waals surface area contributed by atoms with Gasteiger partial charge in [0, 0.05) is 41.7 Å². The monoisotopic (exact) mass is 453 g/mol. The third kappa shape index (κ3) is 3.59. The van der Waals surface area contributed by atoms with Crippen molar-refractivity contribution in [3.8, 4) is 11.4 Å². The van der Waals surface area contributed by atoms with Gasteiger partial charge in [-0.25, -0.2) is 4.39 Å². The number of hydrogen-bond acceptors (Lipinski definition) is 4. The van der Waals surface area contributed by atoms with E-state index in [1.807, 2.05) is 23.1 Å². The summed E-state index contributed by atoms with van der Waals surface area (Å²) in [6.07, 6.45) is 3.56. The van der Waals surface area contributed by atoms with Gasteiger partial charge in [0.05, 0.1) is 0 Å². The number of nitrogens with zero attached hydrogens (tertiary/aromatic N) is 4. The van der Waals surface area contributed by atoms with E-state index in [9.17, 15) is 9.18 Å². The molecular weight excluding hydrogens is 429 g/mol. The van der Waals surface area contributed by atoms with Crippen LogP contribution in [-0.4, -0.2) is 44.7 Å². The van der Waals surface area contributed by atoms with Crippen LogP contribution in [0, 0.1) is 5.82 Å². The molecule has 0 spiro atoms. The van der Waals surface area contributed by atoms with Crippen molar-refractivity contribution in [3.63, 3.8) is 0 Å². The molecule has 8 heteroatoms. The van der Waals surface area contributed by atoms with Crippen LogP contribution in [-0.2, 0) is 12.0 Å². The minimum atomic E-state index is -0.339. The van der Waals surface area contributed by atoms with E-state index in [1.165, 1.54) is 17.7 Å². The number of carbonyl (C=O) groups excluding carboxylic acids is 1. The maximum Gasteiger partial charge on any atom is 0.292 e. The highest BCUT2D eigenvalue weighted by Crippen LogP contribution is 2.41. The van der Waals surface area contributed by atoms with Gasteiger partial charge in [-0.15, -0.1) is 10.2 Å². The standard InChI is InChI=1S/C24H25ClFN5O/c25-18-5-2-4-17(14-18)24(15-27)9-7-20(8-10-24)30-11-12-31-21(28-29-22(31)23(30)32)16-3-1-6-19(26)13-16/h1-6,13-14,20H,7-12,15,27H2. The lowest BCUT2D eigenvalue weighted by Crippen LogP contribution is -2.50. The molecule has 1 aliphatic carbocycles. The molecule has 0 saturated heterocycles. The highest BCUT2D eigenvalue weighted by molar-refractivity contribution is 6.30. The summed E-state index contributed by atoms with van der Waals surface area (Å²) in [5.41, 5.74) is 7.92. The molecule has 166 valence electrons. The van der Waals surface area contributed by atoms with Crippen LogP contribution in [0.4, 0.5) is 4.39 Å². The fraction of sp³-hybridized carbons (Fsp3) is 0.375. The summed E-state index contributed by atoms with van der Waals surface area (Å²) in [6.45, 7) is 1.73. The van der Waals surface area contributed by atoms with E-state index in [1.54, 1.807) is 16.7 Å². The summed E-state index contributed by atoms with van der Waals surface area (Å²) in [6, 6.07) is 14.3. The number of benzene rings is 2. The Bertz CT molecular complexity index is 1150. The zero-order valence-electron chi connectivity index (χ0n) is 17.7. The Morgan fingerprint density at radius 3 is 2.53 bits per heavy atom. The SMILES string of the molecule is NCC1(c2cccc(Cl)c2)CCC(N2CCn3c(nnc3-c3cccc(F)c3)C2=O)CC1. The molecule has 0 unspecified atom stereocenters. The number of nitrogens with two attached hydrogens (primary N) is 1. The van der Waals surface area contributed by atoms with Crippen molar-refractivity contribution < 1.29 is 9.18 Å². The third-order valence-corrected chi connectivity index (χ3v) is 7.27. The second-order valence-corrected chi connectivity index (χ2v) is 9.17. The Labute approximate surface area is 191 Å². The Morgan fingerprint density at radius 2 is 1.81 bits per heavy atom. The van der Waals surface area contributed by atoms with E-state index in [-0.39, 0.29) is 23.2 Å². The number of rotatable bonds is 4. The van der Waals surface area contributed by atoms with Crippen LogP contribution in [0.5, 0.6) is 0 Å². The lowest BCUT2D eigenvalue weighted by molar-refractivity contribution is 0.0523. The van der Waals surface area contributed by atoms with Gasteiger partial charge in [-0.1, -0.05) is 35.9 Å². The predicted molar refractivity (Wildman–Crippen MR) is 121 cm³/mol.